The third-order valence-corrected chi connectivity index (χ3v) is 19.0. The van der Waals surface area contributed by atoms with Gasteiger partial charge in [0.25, 0.3) is 22.9 Å². The molecule has 428 valence electrons. The lowest BCUT2D eigenvalue weighted by molar-refractivity contribution is -0.132. The van der Waals surface area contributed by atoms with E-state index in [-0.39, 0.29) is 59.9 Å². The molecule has 7 aromatic rings. The molecular weight excluding hydrogens is 1050 g/mol. The van der Waals surface area contributed by atoms with Crippen molar-refractivity contribution in [1.29, 1.82) is 0 Å². The zero-order valence-electron chi connectivity index (χ0n) is 47.5. The van der Waals surface area contributed by atoms with Gasteiger partial charge >= 0.3 is 12.1 Å². The van der Waals surface area contributed by atoms with Crippen LogP contribution in [-0.2, 0) is 33.5 Å². The van der Waals surface area contributed by atoms with E-state index in [4.69, 9.17) is 0 Å². The van der Waals surface area contributed by atoms with Crippen LogP contribution in [-0.4, -0.2) is 144 Å². The maximum Gasteiger partial charge on any atom is 0.325 e. The molecule has 83 heavy (non-hydrogen) atoms. The Morgan fingerprint density at radius 2 is 1.10 bits per heavy atom. The SMILES string of the molecule is Cc1cc(N2CCC(C)(c3cccc(-c4ccccc4[C@]4(C)CCN(c5cc(C)n(CCN6C(=O)NC7(CCN(c8nccn9cncc89)CC7)C6=O)c(=O)c5)C4)c3)C2)cc(=O)n1CCN1C(=O)NC2(CCN(c3ncccn3)CC2)C1=O. The number of pyridine rings is 2. The number of hydrogen-bond acceptors (Lipinski definition) is 14. The minimum absolute atomic E-state index is 0.0861. The average molecular weight is 1120 g/mol. The van der Waals surface area contributed by atoms with Crippen LogP contribution in [0.5, 0.6) is 0 Å². The van der Waals surface area contributed by atoms with E-state index in [1.54, 1.807) is 58.4 Å². The number of fused-ring (bicyclic) bond motifs is 1. The largest absolute Gasteiger partial charge is 0.370 e. The minimum Gasteiger partial charge on any atom is -0.370 e. The minimum atomic E-state index is -0.988. The van der Waals surface area contributed by atoms with Crippen molar-refractivity contribution in [3.63, 3.8) is 0 Å². The molecule has 6 fully saturated rings. The quantitative estimate of drug-likeness (QED) is 0.134. The number of hydrogen-bond donors (Lipinski definition) is 2. The Bertz CT molecular complexity index is 3840. The maximum absolute atomic E-state index is 14.0. The number of imidazole rings is 1. The van der Waals surface area contributed by atoms with E-state index in [0.717, 1.165) is 72.1 Å². The number of amides is 6. The first kappa shape index (κ1) is 53.4. The average Bonchev–Trinajstić information content (AvgIpc) is 4.54. The van der Waals surface area contributed by atoms with Crippen LogP contribution >= 0.6 is 0 Å². The van der Waals surface area contributed by atoms with Crippen molar-refractivity contribution in [3.8, 4) is 11.1 Å². The molecular formula is C62H69N15O6. The van der Waals surface area contributed by atoms with E-state index in [2.05, 4.69) is 108 Å². The van der Waals surface area contributed by atoms with Crippen molar-refractivity contribution in [3.05, 3.63) is 159 Å². The number of aromatic nitrogens is 7. The second-order valence-electron chi connectivity index (χ2n) is 24.2. The highest BCUT2D eigenvalue weighted by Gasteiger charge is 2.54. The fraction of sp³-hybridized carbons (Fsp3) is 0.419. The van der Waals surface area contributed by atoms with Crippen molar-refractivity contribution in [2.24, 2.45) is 0 Å². The van der Waals surface area contributed by atoms with Gasteiger partial charge in [-0.3, -0.25) is 29.0 Å². The molecule has 0 radical (unpaired) electrons. The smallest absolute Gasteiger partial charge is 0.325 e. The van der Waals surface area contributed by atoms with E-state index in [1.807, 2.05) is 41.5 Å². The topological polar surface area (TPSA) is 212 Å². The number of benzene rings is 2. The van der Waals surface area contributed by atoms with E-state index in [9.17, 15) is 28.8 Å². The number of urea groups is 2. The van der Waals surface area contributed by atoms with Gasteiger partial charge < -0.3 is 43.8 Å². The number of nitrogens with zero attached hydrogens (tertiary/aromatic N) is 13. The third kappa shape index (κ3) is 9.42. The van der Waals surface area contributed by atoms with Crippen molar-refractivity contribution in [2.45, 2.75) is 101 Å². The van der Waals surface area contributed by atoms with Gasteiger partial charge in [0, 0.05) is 149 Å². The Morgan fingerprint density at radius 1 is 0.542 bits per heavy atom. The van der Waals surface area contributed by atoms with Crippen LogP contribution in [0.1, 0.15) is 74.9 Å². The summed E-state index contributed by atoms with van der Waals surface area (Å²) >= 11 is 0. The van der Waals surface area contributed by atoms with Crippen LogP contribution < -0.4 is 41.4 Å². The Hall–Kier alpha value is -8.88. The maximum atomic E-state index is 14.0. The van der Waals surface area contributed by atoms with Crippen molar-refractivity contribution in [1.82, 2.24) is 53.9 Å². The Morgan fingerprint density at radius 3 is 1.70 bits per heavy atom. The standard InChI is InChI=1S/C62H69N15O6/c1-42-33-46(36-51(78)74(42)30-32-77-55(81)62(68-58(77)83)17-26-70(27-18-62)56-65-19-8-20-66-56)71-22-13-59(3,39-71)45-10-7-9-44(35-45)48-11-5-6-12-49(48)60(4)14-23-72(40-60)47-34-43(2)75(52(79)37-47)29-31-76-54(80)61(67-57(76)82)15-24-69(25-16-61)53-50-38-63-41-73(50)28-21-64-53/h5-12,19-21,28,33-38,41H,13-18,22-27,29-32,39-40H2,1-4H3,(H,67,82)(H,68,83)/t59?,60-/m1/s1. The zero-order chi connectivity index (χ0) is 57.4. The second-order valence-corrected chi connectivity index (χ2v) is 24.2. The highest BCUT2D eigenvalue weighted by molar-refractivity contribution is 6.08. The summed E-state index contributed by atoms with van der Waals surface area (Å²) < 4.78 is 5.21. The summed E-state index contributed by atoms with van der Waals surface area (Å²) in [5, 5.41) is 6.00. The summed E-state index contributed by atoms with van der Waals surface area (Å²) in [6, 6.07) is 25.9. The second kappa shape index (κ2) is 20.5. The molecule has 6 saturated heterocycles. The summed E-state index contributed by atoms with van der Waals surface area (Å²) in [6.45, 7) is 14.1. The van der Waals surface area contributed by atoms with E-state index in [0.29, 0.717) is 64.4 Å². The molecule has 5 aromatic heterocycles. The molecule has 21 nitrogen and oxygen atoms in total. The van der Waals surface area contributed by atoms with Gasteiger partial charge in [-0.25, -0.2) is 29.5 Å². The summed E-state index contributed by atoms with van der Waals surface area (Å²) in [4.78, 5) is 111. The molecule has 21 heteroatoms. The molecule has 2 atom stereocenters. The number of carbonyl (C=O) groups is 4. The first-order valence-electron chi connectivity index (χ1n) is 29.0. The monoisotopic (exact) mass is 1120 g/mol. The van der Waals surface area contributed by atoms with Crippen molar-refractivity contribution >= 4 is 52.5 Å². The van der Waals surface area contributed by atoms with Gasteiger partial charge in [0.05, 0.1) is 12.5 Å². The lowest BCUT2D eigenvalue weighted by Crippen LogP contribution is -2.55. The fourth-order valence-corrected chi connectivity index (χ4v) is 14.1. The summed E-state index contributed by atoms with van der Waals surface area (Å²) in [6.07, 6.45) is 14.0. The number of carbonyl (C=O) groups excluding carboxylic acids is 4. The van der Waals surface area contributed by atoms with E-state index in [1.165, 1.54) is 26.5 Å². The molecule has 2 aromatic carbocycles. The van der Waals surface area contributed by atoms with Gasteiger partial charge in [0.1, 0.15) is 16.6 Å². The number of imide groups is 2. The van der Waals surface area contributed by atoms with Gasteiger partial charge in [-0.05, 0) is 92.8 Å². The lowest BCUT2D eigenvalue weighted by Gasteiger charge is -2.38. The van der Waals surface area contributed by atoms with Gasteiger partial charge in [-0.2, -0.15) is 0 Å². The fourth-order valence-electron chi connectivity index (χ4n) is 14.1. The number of aryl methyl sites for hydroxylation is 2. The van der Waals surface area contributed by atoms with Crippen LogP contribution in [0.4, 0.5) is 32.7 Å². The van der Waals surface area contributed by atoms with Gasteiger partial charge in [0.15, 0.2) is 5.82 Å². The Balaban J connectivity index is 0.636. The molecule has 13 rings (SSSR count). The summed E-state index contributed by atoms with van der Waals surface area (Å²) in [7, 11) is 0. The molecule has 1 unspecified atom stereocenters. The highest BCUT2D eigenvalue weighted by atomic mass is 16.2. The van der Waals surface area contributed by atoms with Crippen molar-refractivity contribution < 1.29 is 19.2 Å². The Kier molecular flexibility index (Phi) is 13.2. The molecule has 6 amide bonds. The number of piperidine rings is 2. The first-order chi connectivity index (χ1) is 40.0. The van der Waals surface area contributed by atoms with Crippen LogP contribution in [0.2, 0.25) is 0 Å². The van der Waals surface area contributed by atoms with Gasteiger partial charge in [0.2, 0.25) is 5.95 Å². The molecule has 0 saturated carbocycles. The van der Waals surface area contributed by atoms with Gasteiger partial charge in [-0.1, -0.05) is 62.4 Å². The molecule has 0 aliphatic carbocycles. The lowest BCUT2D eigenvalue weighted by atomic mass is 9.76. The van der Waals surface area contributed by atoms with Crippen LogP contribution in [0.15, 0.2) is 126 Å². The summed E-state index contributed by atoms with van der Waals surface area (Å²) in [5.41, 5.74) is 6.18. The van der Waals surface area contributed by atoms with Gasteiger partial charge in [-0.15, -0.1) is 0 Å². The third-order valence-electron chi connectivity index (χ3n) is 19.0. The highest BCUT2D eigenvalue weighted by Crippen LogP contribution is 2.44. The Labute approximate surface area is 480 Å². The van der Waals surface area contributed by atoms with E-state index >= 15 is 0 Å². The van der Waals surface area contributed by atoms with E-state index < -0.39 is 23.1 Å². The van der Waals surface area contributed by atoms with Crippen LogP contribution in [0.3, 0.4) is 0 Å². The molecule has 2 spiro atoms. The van der Waals surface area contributed by atoms with Crippen molar-refractivity contribution in [2.75, 3.05) is 85.0 Å². The molecule has 2 N–H and O–H groups in total. The number of rotatable bonds is 13. The molecule has 11 heterocycles. The first-order valence-corrected chi connectivity index (χ1v) is 29.0. The van der Waals surface area contributed by atoms with Crippen LogP contribution in [0, 0.1) is 13.8 Å². The predicted molar refractivity (Wildman–Crippen MR) is 315 cm³/mol. The molecule has 0 bridgehead atoms. The normalized spacial score (nSPS) is 22.3. The summed E-state index contributed by atoms with van der Waals surface area (Å²) in [5.74, 6) is 0.906. The molecule has 6 aliphatic heterocycles. The molecule has 6 aliphatic rings. The predicted octanol–water partition coefficient (Wildman–Crippen LogP) is 5.64. The number of anilines is 4. The number of nitrogens with one attached hydrogen (secondary N) is 2. The van der Waals surface area contributed by atoms with Crippen LogP contribution in [0.25, 0.3) is 16.6 Å². The zero-order valence-corrected chi connectivity index (χ0v) is 47.5.